The lowest BCUT2D eigenvalue weighted by atomic mass is 10.2. The van der Waals surface area contributed by atoms with Gasteiger partial charge in [0.1, 0.15) is 0 Å². The first-order valence-electron chi connectivity index (χ1n) is 6.39. The van der Waals surface area contributed by atoms with Crippen LogP contribution < -0.4 is 10.6 Å². The summed E-state index contributed by atoms with van der Waals surface area (Å²) in [5, 5.41) is 6.32. The fourth-order valence-electron chi connectivity index (χ4n) is 1.78. The molecule has 0 saturated carbocycles. The zero-order valence-electron chi connectivity index (χ0n) is 11.3. The molecular formula is C15H12Cl2F2N2O. The van der Waals surface area contributed by atoms with E-state index in [1.807, 2.05) is 0 Å². The maximum atomic E-state index is 13.0. The third-order valence-electron chi connectivity index (χ3n) is 2.75. The molecular weight excluding hydrogens is 333 g/mol. The summed E-state index contributed by atoms with van der Waals surface area (Å²) >= 11 is 11.7. The standard InChI is InChI=1S/C15H12Cl2F2N2O/c16-9-5-10(17)7-12(6-9)21-15(22)3-4-20-11-1-2-13(18)14(19)8-11/h1-2,5-8,20H,3-4H2,(H,21,22). The van der Waals surface area contributed by atoms with Crippen LogP contribution in [0.2, 0.25) is 10.0 Å². The maximum Gasteiger partial charge on any atom is 0.226 e. The second kappa shape index (κ2) is 7.42. The van der Waals surface area contributed by atoms with Crippen molar-refractivity contribution in [1.29, 1.82) is 0 Å². The van der Waals surface area contributed by atoms with E-state index in [1.165, 1.54) is 6.07 Å². The van der Waals surface area contributed by atoms with E-state index in [-0.39, 0.29) is 18.9 Å². The summed E-state index contributed by atoms with van der Waals surface area (Å²) < 4.78 is 25.8. The van der Waals surface area contributed by atoms with Gasteiger partial charge in [0.2, 0.25) is 5.91 Å². The largest absolute Gasteiger partial charge is 0.384 e. The number of benzene rings is 2. The number of anilines is 2. The number of hydrogen-bond acceptors (Lipinski definition) is 2. The lowest BCUT2D eigenvalue weighted by Gasteiger charge is -2.08. The highest BCUT2D eigenvalue weighted by atomic mass is 35.5. The Morgan fingerprint density at radius 2 is 1.64 bits per heavy atom. The molecule has 0 aliphatic rings. The summed E-state index contributed by atoms with van der Waals surface area (Å²) in [6.45, 7) is 0.269. The second-order valence-corrected chi connectivity index (χ2v) is 5.38. The first-order valence-corrected chi connectivity index (χ1v) is 7.14. The number of hydrogen-bond donors (Lipinski definition) is 2. The Kier molecular flexibility index (Phi) is 5.57. The van der Waals surface area contributed by atoms with Crippen LogP contribution in [-0.2, 0) is 4.79 Å². The highest BCUT2D eigenvalue weighted by molar-refractivity contribution is 6.35. The first-order chi connectivity index (χ1) is 10.4. The molecule has 2 aromatic carbocycles. The van der Waals surface area contributed by atoms with Gasteiger partial charge in [-0.05, 0) is 36.4 Å². The van der Waals surface area contributed by atoms with E-state index < -0.39 is 11.6 Å². The molecule has 22 heavy (non-hydrogen) atoms. The van der Waals surface area contributed by atoms with Crippen molar-refractivity contribution in [3.05, 3.63) is 58.1 Å². The van der Waals surface area contributed by atoms with Gasteiger partial charge in [0.05, 0.1) is 0 Å². The molecule has 0 fully saturated rings. The summed E-state index contributed by atoms with van der Waals surface area (Å²) in [4.78, 5) is 11.8. The average molecular weight is 345 g/mol. The van der Waals surface area contributed by atoms with Crippen molar-refractivity contribution >= 4 is 40.5 Å². The van der Waals surface area contributed by atoms with Gasteiger partial charge < -0.3 is 10.6 Å². The summed E-state index contributed by atoms with van der Waals surface area (Å²) in [6, 6.07) is 8.16. The zero-order valence-corrected chi connectivity index (χ0v) is 12.8. The Morgan fingerprint density at radius 3 is 2.27 bits per heavy atom. The van der Waals surface area contributed by atoms with Crippen molar-refractivity contribution in [2.45, 2.75) is 6.42 Å². The fourth-order valence-corrected chi connectivity index (χ4v) is 2.30. The predicted molar refractivity (Wildman–Crippen MR) is 84.6 cm³/mol. The molecule has 0 aromatic heterocycles. The Hall–Kier alpha value is -1.85. The second-order valence-electron chi connectivity index (χ2n) is 4.51. The molecule has 0 saturated heterocycles. The van der Waals surface area contributed by atoms with E-state index in [4.69, 9.17) is 23.2 Å². The van der Waals surface area contributed by atoms with Crippen molar-refractivity contribution in [1.82, 2.24) is 0 Å². The first kappa shape index (κ1) is 16.5. The van der Waals surface area contributed by atoms with E-state index in [0.29, 0.717) is 21.4 Å². The molecule has 7 heteroatoms. The zero-order chi connectivity index (χ0) is 16.1. The summed E-state index contributed by atoms with van der Waals surface area (Å²) in [6.07, 6.45) is 0.142. The number of halogens is 4. The molecule has 0 atom stereocenters. The Morgan fingerprint density at radius 1 is 0.955 bits per heavy atom. The molecule has 3 nitrogen and oxygen atoms in total. The van der Waals surface area contributed by atoms with Crippen LogP contribution in [0, 0.1) is 11.6 Å². The van der Waals surface area contributed by atoms with Gasteiger partial charge in [-0.2, -0.15) is 0 Å². The van der Waals surface area contributed by atoms with E-state index >= 15 is 0 Å². The van der Waals surface area contributed by atoms with Crippen molar-refractivity contribution < 1.29 is 13.6 Å². The molecule has 0 heterocycles. The lowest BCUT2D eigenvalue weighted by molar-refractivity contribution is -0.115. The SMILES string of the molecule is O=C(CCNc1ccc(F)c(F)c1)Nc1cc(Cl)cc(Cl)c1. The van der Waals surface area contributed by atoms with E-state index in [1.54, 1.807) is 18.2 Å². The van der Waals surface area contributed by atoms with Crippen molar-refractivity contribution in [2.75, 3.05) is 17.2 Å². The Labute approximate surface area is 136 Å². The number of nitrogens with one attached hydrogen (secondary N) is 2. The molecule has 0 unspecified atom stereocenters. The van der Waals surface area contributed by atoms with Gasteiger partial charge in [-0.15, -0.1) is 0 Å². The fraction of sp³-hybridized carbons (Fsp3) is 0.133. The van der Waals surface area contributed by atoms with Gasteiger partial charge >= 0.3 is 0 Å². The van der Waals surface area contributed by atoms with E-state index in [9.17, 15) is 13.6 Å². The number of carbonyl (C=O) groups excluding carboxylic acids is 1. The Balaban J connectivity index is 1.83. The highest BCUT2D eigenvalue weighted by Gasteiger charge is 2.06. The molecule has 2 rings (SSSR count). The molecule has 0 bridgehead atoms. The normalized spacial score (nSPS) is 10.4. The third kappa shape index (κ3) is 4.86. The van der Waals surface area contributed by atoms with Crippen LogP contribution in [0.5, 0.6) is 0 Å². The van der Waals surface area contributed by atoms with E-state index in [0.717, 1.165) is 12.1 Å². The van der Waals surface area contributed by atoms with Crippen molar-refractivity contribution in [3.8, 4) is 0 Å². The molecule has 2 N–H and O–H groups in total. The smallest absolute Gasteiger partial charge is 0.226 e. The van der Waals surface area contributed by atoms with Crippen LogP contribution in [-0.4, -0.2) is 12.5 Å². The minimum Gasteiger partial charge on any atom is -0.384 e. The van der Waals surface area contributed by atoms with E-state index in [2.05, 4.69) is 10.6 Å². The van der Waals surface area contributed by atoms with Crippen LogP contribution in [0.25, 0.3) is 0 Å². The lowest BCUT2D eigenvalue weighted by Crippen LogP contribution is -2.16. The minimum atomic E-state index is -0.942. The van der Waals surface area contributed by atoms with Gasteiger partial charge in [-0.25, -0.2) is 8.78 Å². The van der Waals surface area contributed by atoms with Crippen molar-refractivity contribution in [3.63, 3.8) is 0 Å². The molecule has 2 aromatic rings. The van der Waals surface area contributed by atoms with Crippen LogP contribution in [0.4, 0.5) is 20.2 Å². The number of amides is 1. The maximum absolute atomic E-state index is 13.0. The minimum absolute atomic E-state index is 0.142. The molecule has 0 radical (unpaired) electrons. The topological polar surface area (TPSA) is 41.1 Å². The van der Waals surface area contributed by atoms with Gasteiger partial charge in [0.25, 0.3) is 0 Å². The van der Waals surface area contributed by atoms with Gasteiger partial charge in [0, 0.05) is 34.4 Å². The van der Waals surface area contributed by atoms with Gasteiger partial charge in [-0.3, -0.25) is 4.79 Å². The summed E-state index contributed by atoms with van der Waals surface area (Å²) in [7, 11) is 0. The highest BCUT2D eigenvalue weighted by Crippen LogP contribution is 2.22. The average Bonchev–Trinajstić information content (AvgIpc) is 2.41. The van der Waals surface area contributed by atoms with Gasteiger partial charge in [-0.1, -0.05) is 23.2 Å². The quantitative estimate of drug-likeness (QED) is 0.824. The van der Waals surface area contributed by atoms with Crippen LogP contribution in [0.3, 0.4) is 0 Å². The third-order valence-corrected chi connectivity index (χ3v) is 3.18. The molecule has 1 amide bonds. The number of carbonyl (C=O) groups is 1. The van der Waals surface area contributed by atoms with Crippen molar-refractivity contribution in [2.24, 2.45) is 0 Å². The summed E-state index contributed by atoms with van der Waals surface area (Å²) in [5.41, 5.74) is 0.896. The number of rotatable bonds is 5. The Bertz CT molecular complexity index is 675. The van der Waals surface area contributed by atoms with Gasteiger partial charge in [0.15, 0.2) is 11.6 Å². The van der Waals surface area contributed by atoms with Crippen LogP contribution >= 0.6 is 23.2 Å². The molecule has 0 aliphatic heterocycles. The molecule has 116 valence electrons. The monoisotopic (exact) mass is 344 g/mol. The predicted octanol–water partition coefficient (Wildman–Crippen LogP) is 4.71. The molecule has 0 aliphatic carbocycles. The van der Waals surface area contributed by atoms with Crippen LogP contribution in [0.1, 0.15) is 6.42 Å². The molecule has 0 spiro atoms. The van der Waals surface area contributed by atoms with Crippen LogP contribution in [0.15, 0.2) is 36.4 Å². The summed E-state index contributed by atoms with van der Waals surface area (Å²) in [5.74, 6) is -2.11.